The summed E-state index contributed by atoms with van der Waals surface area (Å²) in [7, 11) is 1.31. The molecule has 0 unspecified atom stereocenters. The zero-order valence-electron chi connectivity index (χ0n) is 20.7. The van der Waals surface area contributed by atoms with E-state index in [2.05, 4.69) is 10.4 Å². The quantitative estimate of drug-likeness (QED) is 0.359. The van der Waals surface area contributed by atoms with E-state index in [-0.39, 0.29) is 5.91 Å². The van der Waals surface area contributed by atoms with Gasteiger partial charge in [-0.2, -0.15) is 16.9 Å². The van der Waals surface area contributed by atoms with Gasteiger partial charge in [0.25, 0.3) is 0 Å². The van der Waals surface area contributed by atoms with Crippen LogP contribution < -0.4 is 10.2 Å². The second kappa shape index (κ2) is 9.96. The Morgan fingerprint density at radius 1 is 1.11 bits per heavy atom. The number of aromatic nitrogens is 2. The first-order valence-corrected chi connectivity index (χ1v) is 13.7. The zero-order valence-corrected chi connectivity index (χ0v) is 22.3. The number of halogens is 1. The van der Waals surface area contributed by atoms with Gasteiger partial charge in [-0.25, -0.2) is 9.58 Å². The summed E-state index contributed by atoms with van der Waals surface area (Å²) in [5.41, 5.74) is 1.39. The first kappa shape index (κ1) is 25.5. The highest BCUT2D eigenvalue weighted by Crippen LogP contribution is 2.52. The number of rotatable bonds is 7. The Bertz CT molecular complexity index is 1350. The molecule has 8 nitrogen and oxygen atoms in total. The van der Waals surface area contributed by atoms with Gasteiger partial charge >= 0.3 is 5.97 Å². The van der Waals surface area contributed by atoms with Gasteiger partial charge in [-0.05, 0) is 61.8 Å². The Morgan fingerprint density at radius 2 is 1.81 bits per heavy atom. The number of esters is 1. The molecule has 10 heteroatoms. The molecule has 0 saturated carbocycles. The second-order valence-electron chi connectivity index (χ2n) is 9.27. The molecule has 2 amide bonds. The van der Waals surface area contributed by atoms with E-state index in [0.717, 1.165) is 11.3 Å². The van der Waals surface area contributed by atoms with Crippen LogP contribution in [0.2, 0.25) is 5.02 Å². The molecule has 192 valence electrons. The third kappa shape index (κ3) is 4.15. The summed E-state index contributed by atoms with van der Waals surface area (Å²) >= 11 is 7.61. The van der Waals surface area contributed by atoms with Crippen molar-refractivity contribution in [3.05, 3.63) is 77.1 Å². The molecule has 0 aliphatic carbocycles. The highest BCUT2D eigenvalue weighted by atomic mass is 35.5. The van der Waals surface area contributed by atoms with Crippen LogP contribution in [0.25, 0.3) is 5.69 Å². The van der Waals surface area contributed by atoms with Crippen molar-refractivity contribution in [1.82, 2.24) is 15.1 Å². The molecule has 3 aromatic rings. The van der Waals surface area contributed by atoms with Crippen molar-refractivity contribution in [2.45, 2.75) is 24.9 Å². The summed E-state index contributed by atoms with van der Waals surface area (Å²) < 4.78 is 6.99. The van der Waals surface area contributed by atoms with Crippen molar-refractivity contribution in [3.63, 3.8) is 0 Å². The number of thioether (sulfide) groups is 1. The summed E-state index contributed by atoms with van der Waals surface area (Å²) in [6, 6.07) is 15.6. The van der Waals surface area contributed by atoms with E-state index in [9.17, 15) is 14.4 Å². The van der Waals surface area contributed by atoms with Gasteiger partial charge in [0.1, 0.15) is 5.54 Å². The van der Waals surface area contributed by atoms with Crippen LogP contribution in [0.1, 0.15) is 23.7 Å². The number of fused-ring (bicyclic) bond motifs is 1. The first-order chi connectivity index (χ1) is 17.8. The van der Waals surface area contributed by atoms with Gasteiger partial charge in [-0.15, -0.1) is 0 Å². The molecular weight excluding hydrogens is 512 g/mol. The van der Waals surface area contributed by atoms with Crippen LogP contribution >= 0.6 is 23.4 Å². The van der Waals surface area contributed by atoms with Gasteiger partial charge in [0.15, 0.2) is 0 Å². The maximum atomic E-state index is 14.0. The molecule has 5 rings (SSSR count). The molecule has 0 bridgehead atoms. The number of para-hydroxylation sites is 1. The topological polar surface area (TPSA) is 93.5 Å². The average Bonchev–Trinajstić information content (AvgIpc) is 3.54. The Kier molecular flexibility index (Phi) is 6.87. The summed E-state index contributed by atoms with van der Waals surface area (Å²) in [6.45, 7) is 1.86. The Balaban J connectivity index is 1.64. The second-order valence-corrected chi connectivity index (χ2v) is 10.7. The smallest absolute Gasteiger partial charge is 0.326 e. The highest BCUT2D eigenvalue weighted by Gasteiger charge is 2.69. The molecule has 0 spiro atoms. The minimum absolute atomic E-state index is 0.331. The number of hydrogen-bond acceptors (Lipinski definition) is 7. The number of benzene rings is 2. The van der Waals surface area contributed by atoms with Gasteiger partial charge < -0.3 is 4.74 Å². The molecule has 2 aliphatic heterocycles. The van der Waals surface area contributed by atoms with Crippen LogP contribution in [-0.4, -0.2) is 52.2 Å². The lowest BCUT2D eigenvalue weighted by Crippen LogP contribution is -2.56. The minimum Gasteiger partial charge on any atom is -0.468 e. The van der Waals surface area contributed by atoms with Crippen LogP contribution in [0.3, 0.4) is 0 Å². The van der Waals surface area contributed by atoms with E-state index in [4.69, 9.17) is 16.3 Å². The summed E-state index contributed by atoms with van der Waals surface area (Å²) in [6.07, 6.45) is 4.13. The van der Waals surface area contributed by atoms with Gasteiger partial charge in [-0.3, -0.25) is 19.7 Å². The summed E-state index contributed by atoms with van der Waals surface area (Å²) in [5, 5.41) is 8.60. The SMILES string of the molecule is COC(=O)[C@]1(CCSC)N[C@H](c2cn(-c3ccccc3)nc2C)[C@@H]2C(=O)N(c3ccc(Cl)cc3)C(=O)[C@@H]21. The number of methoxy groups -OCH3 is 1. The fraction of sp³-hybridized carbons (Fsp3) is 0.333. The normalized spacial score (nSPS) is 25.0. The molecule has 4 atom stereocenters. The van der Waals surface area contributed by atoms with Gasteiger partial charge in [0.05, 0.1) is 36.0 Å². The number of imide groups is 1. The first-order valence-electron chi connectivity index (χ1n) is 11.9. The van der Waals surface area contributed by atoms with E-state index in [1.54, 1.807) is 40.7 Å². The van der Waals surface area contributed by atoms with Crippen molar-refractivity contribution in [2.75, 3.05) is 24.0 Å². The lowest BCUT2D eigenvalue weighted by molar-refractivity contribution is -0.152. The van der Waals surface area contributed by atoms with Crippen LogP contribution in [0, 0.1) is 18.8 Å². The molecule has 37 heavy (non-hydrogen) atoms. The molecule has 3 heterocycles. The predicted molar refractivity (Wildman–Crippen MR) is 143 cm³/mol. The van der Waals surface area contributed by atoms with E-state index >= 15 is 0 Å². The maximum Gasteiger partial charge on any atom is 0.326 e. The largest absolute Gasteiger partial charge is 0.468 e. The Morgan fingerprint density at radius 3 is 2.46 bits per heavy atom. The van der Waals surface area contributed by atoms with Gasteiger partial charge in [0.2, 0.25) is 11.8 Å². The number of carbonyl (C=O) groups excluding carboxylic acids is 3. The molecule has 2 aromatic carbocycles. The van der Waals surface area contributed by atoms with Crippen LogP contribution in [-0.2, 0) is 19.1 Å². The monoisotopic (exact) mass is 538 g/mol. The van der Waals surface area contributed by atoms with Crippen molar-refractivity contribution in [1.29, 1.82) is 0 Å². The minimum atomic E-state index is -1.36. The standard InChI is InChI=1S/C27H27ClN4O4S/c1-16-20(15-31(30-16)18-7-5-4-6-8-18)23-21-22(27(29-23,13-14-37-3)26(35)36-2)25(34)32(24(21)33)19-11-9-17(28)10-12-19/h4-12,15,21-23,29H,13-14H2,1-3H3/t21-,22-,23-,27-/m1/s1. The molecule has 2 fully saturated rings. The fourth-order valence-electron chi connectivity index (χ4n) is 5.57. The van der Waals surface area contributed by atoms with Crippen molar-refractivity contribution in [3.8, 4) is 5.69 Å². The van der Waals surface area contributed by atoms with E-state index in [1.807, 2.05) is 49.7 Å². The van der Waals surface area contributed by atoms with Crippen LogP contribution in [0.15, 0.2) is 60.8 Å². The zero-order chi connectivity index (χ0) is 26.3. The van der Waals surface area contributed by atoms with Gasteiger partial charge in [0, 0.05) is 22.8 Å². The van der Waals surface area contributed by atoms with Crippen LogP contribution in [0.5, 0.6) is 0 Å². The number of amides is 2. The summed E-state index contributed by atoms with van der Waals surface area (Å²) in [4.78, 5) is 42.5. The molecule has 0 radical (unpaired) electrons. The van der Waals surface area contributed by atoms with Crippen LogP contribution in [0.4, 0.5) is 5.69 Å². The third-order valence-electron chi connectivity index (χ3n) is 7.28. The predicted octanol–water partition coefficient (Wildman–Crippen LogP) is 3.95. The highest BCUT2D eigenvalue weighted by molar-refractivity contribution is 7.98. The third-order valence-corrected chi connectivity index (χ3v) is 8.15. The summed E-state index contributed by atoms with van der Waals surface area (Å²) in [5.74, 6) is -2.48. The maximum absolute atomic E-state index is 14.0. The Labute approximate surface area is 224 Å². The average molecular weight is 539 g/mol. The van der Waals surface area contributed by atoms with E-state index in [1.165, 1.54) is 12.0 Å². The fourth-order valence-corrected chi connectivity index (χ4v) is 6.22. The number of hydrogen-bond donors (Lipinski definition) is 1. The number of ether oxygens (including phenoxy) is 1. The van der Waals surface area contributed by atoms with Gasteiger partial charge in [-0.1, -0.05) is 29.8 Å². The molecule has 2 aliphatic rings. The van der Waals surface area contributed by atoms with Crippen molar-refractivity contribution >= 4 is 46.8 Å². The number of anilines is 1. The van der Waals surface area contributed by atoms with E-state index < -0.39 is 35.3 Å². The number of nitrogens with one attached hydrogen (secondary N) is 1. The van der Waals surface area contributed by atoms with Crippen molar-refractivity contribution < 1.29 is 19.1 Å². The molecule has 1 aromatic heterocycles. The number of nitrogens with zero attached hydrogens (tertiary/aromatic N) is 3. The number of aryl methyl sites for hydroxylation is 1. The molecular formula is C27H27ClN4O4S. The van der Waals surface area contributed by atoms with E-state index in [0.29, 0.717) is 28.6 Å². The molecule has 2 saturated heterocycles. The van der Waals surface area contributed by atoms with Crippen molar-refractivity contribution in [2.24, 2.45) is 11.8 Å². The Hall–Kier alpha value is -3.14. The lowest BCUT2D eigenvalue weighted by Gasteiger charge is -2.32. The lowest BCUT2D eigenvalue weighted by atomic mass is 9.78. The molecule has 1 N–H and O–H groups in total. The number of carbonyl (C=O) groups is 3.